The molecule has 96 valence electrons. The van der Waals surface area contributed by atoms with E-state index in [4.69, 9.17) is 5.73 Å². The summed E-state index contributed by atoms with van der Waals surface area (Å²) in [6.07, 6.45) is 3.80. The monoisotopic (exact) mass is 227 g/mol. The molecular formula is C13H29N3. The van der Waals surface area contributed by atoms with Crippen LogP contribution in [0.4, 0.5) is 0 Å². The Morgan fingerprint density at radius 3 is 2.50 bits per heavy atom. The molecule has 0 spiro atoms. The van der Waals surface area contributed by atoms with E-state index in [1.807, 2.05) is 0 Å². The van der Waals surface area contributed by atoms with E-state index in [0.717, 1.165) is 25.4 Å². The molecule has 0 unspecified atom stereocenters. The fourth-order valence-electron chi connectivity index (χ4n) is 2.36. The normalized spacial score (nSPS) is 20.2. The fourth-order valence-corrected chi connectivity index (χ4v) is 2.36. The topological polar surface area (TPSA) is 41.3 Å². The molecule has 1 heterocycles. The van der Waals surface area contributed by atoms with Crippen LogP contribution >= 0.6 is 0 Å². The molecule has 0 aromatic carbocycles. The standard InChI is InChI=1S/C13H29N3/c1-13(2,6-7-14)11-15-10-12-4-8-16(3)9-5-12/h12,15H,4-11,14H2,1-3H3. The molecule has 0 aromatic heterocycles. The predicted octanol–water partition coefficient (Wildman–Crippen LogP) is 1.29. The molecule has 0 atom stereocenters. The second kappa shape index (κ2) is 6.58. The average molecular weight is 227 g/mol. The summed E-state index contributed by atoms with van der Waals surface area (Å²) < 4.78 is 0. The van der Waals surface area contributed by atoms with E-state index in [1.54, 1.807) is 0 Å². The SMILES string of the molecule is CN1CCC(CNCC(C)(C)CCN)CC1. The molecule has 0 radical (unpaired) electrons. The molecule has 0 amide bonds. The van der Waals surface area contributed by atoms with E-state index in [0.29, 0.717) is 5.41 Å². The Morgan fingerprint density at radius 2 is 1.94 bits per heavy atom. The minimum atomic E-state index is 0.347. The van der Waals surface area contributed by atoms with Crippen molar-refractivity contribution in [2.24, 2.45) is 17.1 Å². The van der Waals surface area contributed by atoms with Gasteiger partial charge >= 0.3 is 0 Å². The molecule has 0 aromatic rings. The summed E-state index contributed by atoms with van der Waals surface area (Å²) in [5.41, 5.74) is 5.96. The van der Waals surface area contributed by atoms with Crippen molar-refractivity contribution >= 4 is 0 Å². The van der Waals surface area contributed by atoms with E-state index < -0.39 is 0 Å². The predicted molar refractivity (Wildman–Crippen MR) is 70.5 cm³/mol. The van der Waals surface area contributed by atoms with Crippen molar-refractivity contribution in [3.8, 4) is 0 Å². The summed E-state index contributed by atoms with van der Waals surface area (Å²) >= 11 is 0. The number of piperidine rings is 1. The highest BCUT2D eigenvalue weighted by atomic mass is 15.1. The van der Waals surface area contributed by atoms with Gasteiger partial charge in [-0.05, 0) is 63.8 Å². The molecular weight excluding hydrogens is 198 g/mol. The maximum Gasteiger partial charge on any atom is 0.000311 e. The summed E-state index contributed by atoms with van der Waals surface area (Å²) in [4.78, 5) is 2.43. The number of hydrogen-bond donors (Lipinski definition) is 2. The summed E-state index contributed by atoms with van der Waals surface area (Å²) in [6.45, 7) is 10.2. The van der Waals surface area contributed by atoms with Crippen molar-refractivity contribution in [3.05, 3.63) is 0 Å². The molecule has 3 nitrogen and oxygen atoms in total. The van der Waals surface area contributed by atoms with Crippen LogP contribution in [0.1, 0.15) is 33.1 Å². The molecule has 0 bridgehead atoms. The molecule has 1 saturated heterocycles. The number of nitrogens with one attached hydrogen (secondary N) is 1. The minimum absolute atomic E-state index is 0.347. The van der Waals surface area contributed by atoms with Gasteiger partial charge in [-0.15, -0.1) is 0 Å². The molecule has 1 fully saturated rings. The van der Waals surface area contributed by atoms with Gasteiger partial charge in [-0.1, -0.05) is 13.8 Å². The van der Waals surface area contributed by atoms with Crippen molar-refractivity contribution < 1.29 is 0 Å². The first kappa shape index (κ1) is 13.9. The third kappa shape index (κ3) is 5.28. The van der Waals surface area contributed by atoms with Gasteiger partial charge in [-0.3, -0.25) is 0 Å². The molecule has 0 aliphatic carbocycles. The zero-order chi connectivity index (χ0) is 12.0. The number of nitrogens with two attached hydrogens (primary N) is 1. The van der Waals surface area contributed by atoms with Crippen LogP contribution in [0.25, 0.3) is 0 Å². The van der Waals surface area contributed by atoms with Crippen LogP contribution in [0.2, 0.25) is 0 Å². The zero-order valence-electron chi connectivity index (χ0n) is 11.3. The first-order valence-corrected chi connectivity index (χ1v) is 6.63. The van der Waals surface area contributed by atoms with Crippen LogP contribution in [0.3, 0.4) is 0 Å². The van der Waals surface area contributed by atoms with Gasteiger partial charge in [0, 0.05) is 6.54 Å². The Bertz CT molecular complexity index is 184. The third-order valence-corrected chi connectivity index (χ3v) is 3.70. The van der Waals surface area contributed by atoms with Crippen LogP contribution < -0.4 is 11.1 Å². The van der Waals surface area contributed by atoms with E-state index in [1.165, 1.54) is 32.5 Å². The van der Waals surface area contributed by atoms with Crippen LogP contribution in [0.15, 0.2) is 0 Å². The largest absolute Gasteiger partial charge is 0.330 e. The highest BCUT2D eigenvalue weighted by Crippen LogP contribution is 2.19. The maximum atomic E-state index is 5.61. The van der Waals surface area contributed by atoms with Crippen LogP contribution in [0.5, 0.6) is 0 Å². The Balaban J connectivity index is 2.11. The fraction of sp³-hybridized carbons (Fsp3) is 1.00. The summed E-state index contributed by atoms with van der Waals surface area (Å²) in [5, 5.41) is 3.62. The molecule has 1 rings (SSSR count). The Hall–Kier alpha value is -0.120. The third-order valence-electron chi connectivity index (χ3n) is 3.70. The molecule has 1 aliphatic heterocycles. The van der Waals surface area contributed by atoms with Gasteiger partial charge in [-0.25, -0.2) is 0 Å². The molecule has 3 heteroatoms. The second-order valence-corrected chi connectivity index (χ2v) is 6.08. The quantitative estimate of drug-likeness (QED) is 0.718. The molecule has 3 N–H and O–H groups in total. The highest BCUT2D eigenvalue weighted by molar-refractivity contribution is 4.75. The van der Waals surface area contributed by atoms with Gasteiger partial charge < -0.3 is 16.0 Å². The minimum Gasteiger partial charge on any atom is -0.330 e. The number of nitrogens with zero attached hydrogens (tertiary/aromatic N) is 1. The van der Waals surface area contributed by atoms with Gasteiger partial charge in [0.05, 0.1) is 0 Å². The van der Waals surface area contributed by atoms with E-state index in [9.17, 15) is 0 Å². The maximum absolute atomic E-state index is 5.61. The van der Waals surface area contributed by atoms with E-state index in [-0.39, 0.29) is 0 Å². The lowest BCUT2D eigenvalue weighted by Gasteiger charge is -2.30. The lowest BCUT2D eigenvalue weighted by molar-refractivity contribution is 0.209. The smallest absolute Gasteiger partial charge is 0.000311 e. The van der Waals surface area contributed by atoms with Crippen molar-refractivity contribution in [1.29, 1.82) is 0 Å². The van der Waals surface area contributed by atoms with E-state index >= 15 is 0 Å². The van der Waals surface area contributed by atoms with Crippen molar-refractivity contribution in [2.45, 2.75) is 33.1 Å². The van der Waals surface area contributed by atoms with Crippen molar-refractivity contribution in [2.75, 3.05) is 39.8 Å². The number of rotatable bonds is 6. The average Bonchev–Trinajstić information content (AvgIpc) is 2.20. The Morgan fingerprint density at radius 1 is 1.31 bits per heavy atom. The Labute approximate surface area is 101 Å². The van der Waals surface area contributed by atoms with Crippen molar-refractivity contribution in [1.82, 2.24) is 10.2 Å². The Kier molecular flexibility index (Phi) is 5.73. The summed E-state index contributed by atoms with van der Waals surface area (Å²) in [6, 6.07) is 0. The van der Waals surface area contributed by atoms with Gasteiger partial charge in [-0.2, -0.15) is 0 Å². The summed E-state index contributed by atoms with van der Waals surface area (Å²) in [5.74, 6) is 0.880. The first-order valence-electron chi connectivity index (χ1n) is 6.63. The van der Waals surface area contributed by atoms with Crippen LogP contribution in [-0.4, -0.2) is 44.7 Å². The van der Waals surface area contributed by atoms with E-state index in [2.05, 4.69) is 31.1 Å². The highest BCUT2D eigenvalue weighted by Gasteiger charge is 2.19. The van der Waals surface area contributed by atoms with Crippen molar-refractivity contribution in [3.63, 3.8) is 0 Å². The van der Waals surface area contributed by atoms with Gasteiger partial charge in [0.25, 0.3) is 0 Å². The van der Waals surface area contributed by atoms with Gasteiger partial charge in [0.1, 0.15) is 0 Å². The lowest BCUT2D eigenvalue weighted by atomic mass is 9.89. The van der Waals surface area contributed by atoms with Crippen LogP contribution in [-0.2, 0) is 0 Å². The molecule has 1 aliphatic rings. The van der Waals surface area contributed by atoms with Gasteiger partial charge in [0.2, 0.25) is 0 Å². The number of hydrogen-bond acceptors (Lipinski definition) is 3. The number of likely N-dealkylation sites (tertiary alicyclic amines) is 1. The van der Waals surface area contributed by atoms with Gasteiger partial charge in [0.15, 0.2) is 0 Å². The molecule has 0 saturated carbocycles. The summed E-state index contributed by atoms with van der Waals surface area (Å²) in [7, 11) is 2.22. The zero-order valence-corrected chi connectivity index (χ0v) is 11.3. The van der Waals surface area contributed by atoms with Crippen LogP contribution in [0, 0.1) is 11.3 Å². The first-order chi connectivity index (χ1) is 7.53. The second-order valence-electron chi connectivity index (χ2n) is 6.08. The lowest BCUT2D eigenvalue weighted by Crippen LogP contribution is -2.38. The molecule has 16 heavy (non-hydrogen) atoms.